The van der Waals surface area contributed by atoms with E-state index in [4.69, 9.17) is 34.8 Å². The van der Waals surface area contributed by atoms with Gasteiger partial charge in [0, 0.05) is 27.9 Å². The van der Waals surface area contributed by atoms with Gasteiger partial charge in [-0.25, -0.2) is 9.67 Å². The topological polar surface area (TPSA) is 59.8 Å². The van der Waals surface area contributed by atoms with Crippen LogP contribution in [0, 0.1) is 0 Å². The van der Waals surface area contributed by atoms with E-state index in [1.807, 2.05) is 0 Å². The Morgan fingerprint density at radius 1 is 1.08 bits per heavy atom. The SMILES string of the molecule is O=C(Nc1ccnn1Cc1c(Cl)cccc1Cl)c1ccc(Cl)nc1. The highest BCUT2D eigenvalue weighted by molar-refractivity contribution is 6.36. The van der Waals surface area contributed by atoms with Gasteiger partial charge in [0.05, 0.1) is 18.3 Å². The molecular weight excluding hydrogens is 371 g/mol. The van der Waals surface area contributed by atoms with Crippen molar-refractivity contribution >= 4 is 46.5 Å². The van der Waals surface area contributed by atoms with Gasteiger partial charge in [-0.3, -0.25) is 4.79 Å². The van der Waals surface area contributed by atoms with E-state index in [0.717, 1.165) is 5.56 Å². The fourth-order valence-corrected chi connectivity index (χ4v) is 2.73. The summed E-state index contributed by atoms with van der Waals surface area (Å²) in [5.74, 6) is 0.206. The van der Waals surface area contributed by atoms with Crippen LogP contribution in [0.25, 0.3) is 0 Å². The predicted octanol–water partition coefficient (Wildman–Crippen LogP) is 4.54. The maximum atomic E-state index is 12.3. The molecule has 0 saturated heterocycles. The molecule has 0 spiro atoms. The van der Waals surface area contributed by atoms with Gasteiger partial charge in [-0.15, -0.1) is 0 Å². The third kappa shape index (κ3) is 3.70. The van der Waals surface area contributed by atoms with Gasteiger partial charge in [0.1, 0.15) is 11.0 Å². The van der Waals surface area contributed by atoms with Gasteiger partial charge in [0.2, 0.25) is 0 Å². The zero-order chi connectivity index (χ0) is 17.1. The largest absolute Gasteiger partial charge is 0.307 e. The van der Waals surface area contributed by atoms with E-state index >= 15 is 0 Å². The zero-order valence-corrected chi connectivity index (χ0v) is 14.5. The van der Waals surface area contributed by atoms with Crippen LogP contribution in [-0.4, -0.2) is 20.7 Å². The molecule has 0 saturated carbocycles. The van der Waals surface area contributed by atoms with Crippen molar-refractivity contribution in [2.24, 2.45) is 0 Å². The van der Waals surface area contributed by atoms with E-state index in [-0.39, 0.29) is 5.91 Å². The normalized spacial score (nSPS) is 10.6. The van der Waals surface area contributed by atoms with Crippen molar-refractivity contribution in [3.63, 3.8) is 0 Å². The Labute approximate surface area is 153 Å². The number of rotatable bonds is 4. The third-order valence-corrected chi connectivity index (χ3v) is 4.25. The first-order valence-electron chi connectivity index (χ1n) is 6.92. The average Bonchev–Trinajstić information content (AvgIpc) is 2.98. The molecule has 1 aromatic carbocycles. The molecule has 2 heterocycles. The monoisotopic (exact) mass is 380 g/mol. The summed E-state index contributed by atoms with van der Waals surface area (Å²) in [6, 6.07) is 10.1. The molecule has 8 heteroatoms. The molecule has 0 aliphatic heterocycles. The molecule has 0 fully saturated rings. The van der Waals surface area contributed by atoms with Crippen LogP contribution in [0.3, 0.4) is 0 Å². The molecule has 2 aromatic heterocycles. The van der Waals surface area contributed by atoms with E-state index in [1.165, 1.54) is 6.20 Å². The number of amides is 1. The molecule has 5 nitrogen and oxygen atoms in total. The molecule has 3 aromatic rings. The van der Waals surface area contributed by atoms with Crippen LogP contribution in [0.1, 0.15) is 15.9 Å². The molecule has 0 aliphatic carbocycles. The van der Waals surface area contributed by atoms with Crippen molar-refractivity contribution in [3.05, 3.63) is 75.1 Å². The second kappa shape index (κ2) is 7.21. The van der Waals surface area contributed by atoms with Crippen LogP contribution < -0.4 is 5.32 Å². The summed E-state index contributed by atoms with van der Waals surface area (Å²) in [7, 11) is 0. The van der Waals surface area contributed by atoms with Gasteiger partial charge in [0.25, 0.3) is 5.91 Å². The Bertz CT molecular complexity index is 857. The fraction of sp³-hybridized carbons (Fsp3) is 0.0625. The Morgan fingerprint density at radius 2 is 1.83 bits per heavy atom. The van der Waals surface area contributed by atoms with Crippen LogP contribution in [0.15, 0.2) is 48.8 Å². The highest BCUT2D eigenvalue weighted by Gasteiger charge is 2.13. The first-order valence-corrected chi connectivity index (χ1v) is 8.05. The van der Waals surface area contributed by atoms with Gasteiger partial charge in [-0.1, -0.05) is 40.9 Å². The number of pyridine rings is 1. The number of nitrogens with one attached hydrogen (secondary N) is 1. The minimum atomic E-state index is -0.314. The quantitative estimate of drug-likeness (QED) is 0.675. The van der Waals surface area contributed by atoms with Crippen molar-refractivity contribution < 1.29 is 4.79 Å². The summed E-state index contributed by atoms with van der Waals surface area (Å²) in [5, 5.41) is 8.38. The molecule has 1 N–H and O–H groups in total. The lowest BCUT2D eigenvalue weighted by atomic mass is 10.2. The Kier molecular flexibility index (Phi) is 5.04. The first-order chi connectivity index (χ1) is 11.5. The molecule has 0 bridgehead atoms. The molecule has 0 unspecified atom stereocenters. The maximum Gasteiger partial charge on any atom is 0.258 e. The molecular formula is C16H11Cl3N4O. The van der Waals surface area contributed by atoms with Crippen LogP contribution >= 0.6 is 34.8 Å². The van der Waals surface area contributed by atoms with Gasteiger partial charge < -0.3 is 5.32 Å². The predicted molar refractivity (Wildman–Crippen MR) is 95.0 cm³/mol. The molecule has 122 valence electrons. The average molecular weight is 382 g/mol. The summed E-state index contributed by atoms with van der Waals surface area (Å²) in [5.41, 5.74) is 1.12. The second-order valence-corrected chi connectivity index (χ2v) is 6.10. The van der Waals surface area contributed by atoms with Crippen molar-refractivity contribution in [2.75, 3.05) is 5.32 Å². The Balaban J connectivity index is 1.80. The number of carbonyl (C=O) groups is 1. The van der Waals surface area contributed by atoms with E-state index in [2.05, 4.69) is 15.4 Å². The van der Waals surface area contributed by atoms with Gasteiger partial charge in [-0.05, 0) is 24.3 Å². The lowest BCUT2D eigenvalue weighted by Crippen LogP contribution is -2.16. The minimum Gasteiger partial charge on any atom is -0.307 e. The van der Waals surface area contributed by atoms with E-state index in [0.29, 0.717) is 33.1 Å². The molecule has 0 radical (unpaired) electrons. The van der Waals surface area contributed by atoms with E-state index < -0.39 is 0 Å². The minimum absolute atomic E-state index is 0.314. The van der Waals surface area contributed by atoms with Crippen LogP contribution in [0.5, 0.6) is 0 Å². The number of aromatic nitrogens is 3. The second-order valence-electron chi connectivity index (χ2n) is 4.90. The van der Waals surface area contributed by atoms with Gasteiger partial charge in [0.15, 0.2) is 0 Å². The smallest absolute Gasteiger partial charge is 0.258 e. The van der Waals surface area contributed by atoms with Gasteiger partial charge in [-0.2, -0.15) is 5.10 Å². The molecule has 24 heavy (non-hydrogen) atoms. The Hall–Kier alpha value is -2.08. The summed E-state index contributed by atoms with van der Waals surface area (Å²) in [6.45, 7) is 0.333. The van der Waals surface area contributed by atoms with Crippen LogP contribution in [0.2, 0.25) is 15.2 Å². The van der Waals surface area contributed by atoms with Crippen LogP contribution in [-0.2, 0) is 6.54 Å². The summed E-state index contributed by atoms with van der Waals surface area (Å²) < 4.78 is 1.61. The number of anilines is 1. The zero-order valence-electron chi connectivity index (χ0n) is 12.2. The number of nitrogens with zero attached hydrogens (tertiary/aromatic N) is 3. The van der Waals surface area contributed by atoms with Gasteiger partial charge >= 0.3 is 0 Å². The molecule has 0 atom stereocenters. The molecule has 0 aliphatic rings. The highest BCUT2D eigenvalue weighted by atomic mass is 35.5. The van der Waals surface area contributed by atoms with E-state index in [9.17, 15) is 4.79 Å². The summed E-state index contributed by atoms with van der Waals surface area (Å²) >= 11 is 18.1. The highest BCUT2D eigenvalue weighted by Crippen LogP contribution is 2.26. The number of halogens is 3. The number of hydrogen-bond acceptors (Lipinski definition) is 3. The summed E-state index contributed by atoms with van der Waals surface area (Å²) in [6.07, 6.45) is 2.99. The lowest BCUT2D eigenvalue weighted by molar-refractivity contribution is 0.102. The first kappa shape index (κ1) is 16.8. The maximum absolute atomic E-state index is 12.3. The molecule has 1 amide bonds. The molecule has 3 rings (SSSR count). The lowest BCUT2D eigenvalue weighted by Gasteiger charge is -2.11. The van der Waals surface area contributed by atoms with Crippen molar-refractivity contribution in [1.82, 2.24) is 14.8 Å². The van der Waals surface area contributed by atoms with Crippen LogP contribution in [0.4, 0.5) is 5.82 Å². The number of hydrogen-bond donors (Lipinski definition) is 1. The van der Waals surface area contributed by atoms with Crippen molar-refractivity contribution in [1.29, 1.82) is 0 Å². The Morgan fingerprint density at radius 3 is 2.50 bits per heavy atom. The number of carbonyl (C=O) groups excluding carboxylic acids is 1. The summed E-state index contributed by atoms with van der Waals surface area (Å²) in [4.78, 5) is 16.2. The fourth-order valence-electron chi connectivity index (χ4n) is 2.10. The third-order valence-electron chi connectivity index (χ3n) is 3.32. The van der Waals surface area contributed by atoms with E-state index in [1.54, 1.807) is 47.3 Å². The van der Waals surface area contributed by atoms with Crippen molar-refractivity contribution in [3.8, 4) is 0 Å². The number of benzene rings is 1. The standard InChI is InChI=1S/C16H11Cl3N4O/c17-12-2-1-3-13(18)11(12)9-23-15(6-7-21-23)22-16(24)10-4-5-14(19)20-8-10/h1-8H,9H2,(H,22,24). The van der Waals surface area contributed by atoms with Crippen molar-refractivity contribution in [2.45, 2.75) is 6.54 Å².